The minimum absolute atomic E-state index is 0.210. The molecule has 0 saturated carbocycles. The third-order valence-electron chi connectivity index (χ3n) is 6.78. The van der Waals surface area contributed by atoms with Crippen molar-refractivity contribution < 1.29 is 19.8 Å². The molecule has 0 bridgehead atoms. The smallest absolute Gasteiger partial charge is 0.303 e. The molecule has 1 aliphatic carbocycles. The molecular weight excluding hydrogens is 440 g/mol. The highest BCUT2D eigenvalue weighted by Crippen LogP contribution is 2.48. The number of benzene rings is 2. The van der Waals surface area contributed by atoms with Gasteiger partial charge in [0.15, 0.2) is 0 Å². The fourth-order valence-electron chi connectivity index (χ4n) is 4.73. The van der Waals surface area contributed by atoms with Crippen molar-refractivity contribution in [3.05, 3.63) is 70.2 Å². The summed E-state index contributed by atoms with van der Waals surface area (Å²) < 4.78 is 0. The molecule has 178 valence electrons. The van der Waals surface area contributed by atoms with Crippen LogP contribution in [0, 0.1) is 0 Å². The Bertz CT molecular complexity index is 966. The summed E-state index contributed by atoms with van der Waals surface area (Å²) in [7, 11) is 2.24. The quantitative estimate of drug-likeness (QED) is 0.645. The summed E-state index contributed by atoms with van der Waals surface area (Å²) in [5, 5.41) is 16.7. The van der Waals surface area contributed by atoms with Gasteiger partial charge >= 0.3 is 11.9 Å². The summed E-state index contributed by atoms with van der Waals surface area (Å²) in [4.78, 5) is 24.4. The van der Waals surface area contributed by atoms with Crippen molar-refractivity contribution in [2.24, 2.45) is 0 Å². The predicted molar refractivity (Wildman–Crippen MR) is 130 cm³/mol. The van der Waals surface area contributed by atoms with Crippen molar-refractivity contribution >= 4 is 23.5 Å². The number of fused-ring (bicyclic) bond motifs is 1. The van der Waals surface area contributed by atoms with Gasteiger partial charge in [-0.2, -0.15) is 0 Å². The highest BCUT2D eigenvalue weighted by atomic mass is 35.5. The number of piperazine rings is 1. The lowest BCUT2D eigenvalue weighted by molar-refractivity contribution is -0.143. The molecular formula is C26H33ClN2O4. The number of carbonyl (C=O) groups is 2. The molecule has 7 heteroatoms. The monoisotopic (exact) mass is 472 g/mol. The lowest BCUT2D eigenvalue weighted by Crippen LogP contribution is -2.58. The molecule has 2 aromatic carbocycles. The van der Waals surface area contributed by atoms with Gasteiger partial charge in [-0.3, -0.25) is 19.4 Å². The van der Waals surface area contributed by atoms with E-state index in [1.54, 1.807) is 0 Å². The molecule has 33 heavy (non-hydrogen) atoms. The molecule has 0 aromatic heterocycles. The first-order valence-electron chi connectivity index (χ1n) is 11.3. The van der Waals surface area contributed by atoms with Gasteiger partial charge in [-0.05, 0) is 56.1 Å². The molecule has 2 aliphatic rings. The normalized spacial score (nSPS) is 22.2. The molecule has 2 N–H and O–H groups in total. The van der Waals surface area contributed by atoms with Crippen LogP contribution in [0.5, 0.6) is 0 Å². The second-order valence-corrected chi connectivity index (χ2v) is 9.92. The Morgan fingerprint density at radius 3 is 2.21 bits per heavy atom. The van der Waals surface area contributed by atoms with Gasteiger partial charge in [0.1, 0.15) is 0 Å². The van der Waals surface area contributed by atoms with E-state index in [9.17, 15) is 9.59 Å². The van der Waals surface area contributed by atoms with Crippen LogP contribution in [0.15, 0.2) is 48.5 Å². The van der Waals surface area contributed by atoms with E-state index in [2.05, 4.69) is 73.2 Å². The zero-order chi connectivity index (χ0) is 24.2. The first kappa shape index (κ1) is 25.2. The average Bonchev–Trinajstić information content (AvgIpc) is 3.14. The fraction of sp³-hybridized carbons (Fsp3) is 0.462. The zero-order valence-corrected chi connectivity index (χ0v) is 20.3. The largest absolute Gasteiger partial charge is 0.481 e. The number of aliphatic carboxylic acids is 2. The molecule has 0 radical (unpaired) electrons. The summed E-state index contributed by atoms with van der Waals surface area (Å²) >= 11 is 6.37. The van der Waals surface area contributed by atoms with E-state index in [4.69, 9.17) is 21.8 Å². The lowest BCUT2D eigenvalue weighted by Gasteiger charge is -2.47. The molecule has 1 heterocycles. The van der Waals surface area contributed by atoms with Gasteiger partial charge in [0.05, 0.1) is 12.8 Å². The maximum atomic E-state index is 9.64. The Hall–Kier alpha value is -2.41. The van der Waals surface area contributed by atoms with Crippen LogP contribution in [0.25, 0.3) is 0 Å². The molecule has 0 amide bonds. The van der Waals surface area contributed by atoms with Gasteiger partial charge in [0.25, 0.3) is 0 Å². The summed E-state index contributed by atoms with van der Waals surface area (Å²) in [5.41, 5.74) is 4.52. The SMILES string of the molecule is CN1CCN(C2C[C@@H](c3ccccc3)c3ccc(Cl)cc32)CC1(C)C.O=C(O)CCC(=O)O. The van der Waals surface area contributed by atoms with Crippen molar-refractivity contribution in [3.63, 3.8) is 0 Å². The summed E-state index contributed by atoms with van der Waals surface area (Å²) in [6, 6.07) is 17.9. The number of halogens is 1. The summed E-state index contributed by atoms with van der Waals surface area (Å²) in [5.74, 6) is -1.68. The highest BCUT2D eigenvalue weighted by Gasteiger charge is 2.40. The van der Waals surface area contributed by atoms with Crippen LogP contribution in [-0.4, -0.2) is 64.2 Å². The van der Waals surface area contributed by atoms with E-state index >= 15 is 0 Å². The van der Waals surface area contributed by atoms with E-state index < -0.39 is 11.9 Å². The van der Waals surface area contributed by atoms with Crippen molar-refractivity contribution in [2.45, 2.75) is 50.6 Å². The highest BCUT2D eigenvalue weighted by molar-refractivity contribution is 6.30. The minimum atomic E-state index is -1.08. The Balaban J connectivity index is 0.000000331. The Labute approximate surface area is 200 Å². The predicted octanol–water partition coefficient (Wildman–Crippen LogP) is 4.88. The fourth-order valence-corrected chi connectivity index (χ4v) is 4.91. The topological polar surface area (TPSA) is 81.1 Å². The number of likely N-dealkylation sites (N-methyl/N-ethyl adjacent to an activating group) is 1. The number of nitrogens with zero attached hydrogens (tertiary/aromatic N) is 2. The van der Waals surface area contributed by atoms with E-state index in [1.165, 1.54) is 16.7 Å². The van der Waals surface area contributed by atoms with Crippen LogP contribution in [-0.2, 0) is 9.59 Å². The molecule has 4 rings (SSSR count). The van der Waals surface area contributed by atoms with Crippen LogP contribution < -0.4 is 0 Å². The number of hydrogen-bond donors (Lipinski definition) is 2. The van der Waals surface area contributed by atoms with Crippen molar-refractivity contribution in [2.75, 3.05) is 26.7 Å². The van der Waals surface area contributed by atoms with Crippen molar-refractivity contribution in [1.29, 1.82) is 0 Å². The first-order chi connectivity index (χ1) is 15.6. The third kappa shape index (κ3) is 6.34. The van der Waals surface area contributed by atoms with Crippen LogP contribution in [0.2, 0.25) is 5.02 Å². The standard InChI is InChI=1S/C22H27ClN2.C4H6O4/c1-22(2)15-25(12-11-24(22)3)21-14-19(16-7-5-4-6-8-16)18-10-9-17(23)13-20(18)21;5-3(6)1-2-4(7)8/h4-10,13,19,21H,11-12,14-15H2,1-3H3;1-2H2,(H,5,6)(H,7,8)/t19-,21?;/m0./s1. The van der Waals surface area contributed by atoms with Gasteiger partial charge in [0, 0.05) is 42.2 Å². The van der Waals surface area contributed by atoms with Gasteiger partial charge in [-0.1, -0.05) is 48.0 Å². The molecule has 2 aromatic rings. The van der Waals surface area contributed by atoms with Crippen molar-refractivity contribution in [1.82, 2.24) is 9.80 Å². The Morgan fingerprint density at radius 1 is 1.00 bits per heavy atom. The molecule has 1 fully saturated rings. The van der Waals surface area contributed by atoms with E-state index in [0.29, 0.717) is 12.0 Å². The summed E-state index contributed by atoms with van der Waals surface area (Å²) in [6.07, 6.45) is 0.560. The maximum Gasteiger partial charge on any atom is 0.303 e. The van der Waals surface area contributed by atoms with Crippen LogP contribution in [0.3, 0.4) is 0 Å². The van der Waals surface area contributed by atoms with Crippen LogP contribution in [0.4, 0.5) is 0 Å². The van der Waals surface area contributed by atoms with E-state index in [0.717, 1.165) is 31.1 Å². The molecule has 0 spiro atoms. The Kier molecular flexibility index (Phi) is 8.16. The van der Waals surface area contributed by atoms with E-state index in [1.807, 2.05) is 6.07 Å². The molecule has 2 atom stereocenters. The molecule has 6 nitrogen and oxygen atoms in total. The van der Waals surface area contributed by atoms with Gasteiger partial charge in [-0.15, -0.1) is 0 Å². The van der Waals surface area contributed by atoms with Crippen LogP contribution >= 0.6 is 11.6 Å². The van der Waals surface area contributed by atoms with Gasteiger partial charge in [0.2, 0.25) is 0 Å². The molecule has 1 saturated heterocycles. The molecule has 1 aliphatic heterocycles. The second kappa shape index (κ2) is 10.7. The average molecular weight is 473 g/mol. The Morgan fingerprint density at radius 2 is 1.64 bits per heavy atom. The van der Waals surface area contributed by atoms with Gasteiger partial charge < -0.3 is 10.2 Å². The van der Waals surface area contributed by atoms with Crippen LogP contribution in [0.1, 0.15) is 61.8 Å². The minimum Gasteiger partial charge on any atom is -0.481 e. The third-order valence-corrected chi connectivity index (χ3v) is 7.02. The lowest BCUT2D eigenvalue weighted by atomic mass is 9.93. The maximum absolute atomic E-state index is 9.64. The zero-order valence-electron chi connectivity index (χ0n) is 19.5. The van der Waals surface area contributed by atoms with Gasteiger partial charge in [-0.25, -0.2) is 0 Å². The number of rotatable bonds is 5. The second-order valence-electron chi connectivity index (χ2n) is 9.48. The first-order valence-corrected chi connectivity index (χ1v) is 11.7. The molecule has 1 unspecified atom stereocenters. The number of carboxylic acids is 2. The van der Waals surface area contributed by atoms with Crippen molar-refractivity contribution in [3.8, 4) is 0 Å². The summed E-state index contributed by atoms with van der Waals surface area (Å²) in [6.45, 7) is 8.04. The number of carboxylic acid groups (broad SMARTS) is 2. The van der Waals surface area contributed by atoms with E-state index in [-0.39, 0.29) is 18.4 Å². The number of hydrogen-bond acceptors (Lipinski definition) is 4.